The Morgan fingerprint density at radius 2 is 2.00 bits per heavy atom. The molecule has 0 radical (unpaired) electrons. The first-order chi connectivity index (χ1) is 7.58. The molecule has 0 unspecified atom stereocenters. The summed E-state index contributed by atoms with van der Waals surface area (Å²) in [6, 6.07) is 6.53. The van der Waals surface area contributed by atoms with E-state index >= 15 is 0 Å². The van der Waals surface area contributed by atoms with E-state index in [-0.39, 0.29) is 11.5 Å². The number of hydrogen-bond acceptors (Lipinski definition) is 3. The molecule has 3 N–H and O–H groups in total. The van der Waals surface area contributed by atoms with Crippen LogP contribution in [0, 0.1) is 5.82 Å². The second kappa shape index (κ2) is 3.65. The molecule has 0 saturated carbocycles. The van der Waals surface area contributed by atoms with Gasteiger partial charge in [0.2, 0.25) is 0 Å². The highest BCUT2D eigenvalue weighted by atomic mass is 19.1. The fraction of sp³-hybridized carbons (Fsp3) is 0. The first-order valence-electron chi connectivity index (χ1n) is 4.42. The van der Waals surface area contributed by atoms with Gasteiger partial charge in [0.05, 0.1) is 5.69 Å². The maximum Gasteiger partial charge on any atom is 0.354 e. The zero-order valence-corrected chi connectivity index (χ0v) is 8.09. The predicted octanol–water partition coefficient (Wildman–Crippen LogP) is 1.29. The van der Waals surface area contributed by atoms with E-state index in [1.54, 1.807) is 0 Å². The molecule has 0 amide bonds. The number of halogens is 1. The molecule has 0 bridgehead atoms. The van der Waals surface area contributed by atoms with Crippen LogP contribution in [-0.4, -0.2) is 20.9 Å². The van der Waals surface area contributed by atoms with E-state index in [0.717, 1.165) is 4.68 Å². The summed E-state index contributed by atoms with van der Waals surface area (Å²) in [6.07, 6.45) is 0. The molecule has 5 nitrogen and oxygen atoms in total. The van der Waals surface area contributed by atoms with Crippen molar-refractivity contribution in [2.75, 3.05) is 5.73 Å². The number of carboxylic acid groups (broad SMARTS) is 1. The highest BCUT2D eigenvalue weighted by Gasteiger charge is 2.14. The zero-order valence-electron chi connectivity index (χ0n) is 8.09. The number of nitrogens with two attached hydrogens (primary N) is 1. The van der Waals surface area contributed by atoms with E-state index in [9.17, 15) is 9.18 Å². The van der Waals surface area contributed by atoms with Crippen molar-refractivity contribution in [2.45, 2.75) is 0 Å². The van der Waals surface area contributed by atoms with E-state index in [4.69, 9.17) is 10.8 Å². The largest absolute Gasteiger partial charge is 0.477 e. The van der Waals surface area contributed by atoms with Crippen molar-refractivity contribution < 1.29 is 14.3 Å². The van der Waals surface area contributed by atoms with Gasteiger partial charge in [0.25, 0.3) is 0 Å². The molecule has 2 rings (SSSR count). The van der Waals surface area contributed by atoms with E-state index in [0.29, 0.717) is 5.69 Å². The maximum atomic E-state index is 12.7. The summed E-state index contributed by atoms with van der Waals surface area (Å²) in [7, 11) is 0. The molecule has 0 spiro atoms. The second-order valence-electron chi connectivity index (χ2n) is 3.15. The standard InChI is InChI=1S/C10H8FN3O2/c11-6-1-3-7(4-2-6)14-8(10(15)16)5-9(12)13-14/h1-5H,(H2,12,13)(H,15,16). The lowest BCUT2D eigenvalue weighted by Crippen LogP contribution is -2.07. The molecular formula is C10H8FN3O2. The van der Waals surface area contributed by atoms with Crippen LogP contribution in [0.2, 0.25) is 0 Å². The van der Waals surface area contributed by atoms with Crippen LogP contribution in [0.3, 0.4) is 0 Å². The summed E-state index contributed by atoms with van der Waals surface area (Å²) in [5.41, 5.74) is 5.79. The monoisotopic (exact) mass is 221 g/mol. The summed E-state index contributed by atoms with van der Waals surface area (Å²) in [5.74, 6) is -1.45. The lowest BCUT2D eigenvalue weighted by Gasteiger charge is -2.03. The Labute approximate surface area is 89.9 Å². The van der Waals surface area contributed by atoms with E-state index in [1.165, 1.54) is 30.3 Å². The smallest absolute Gasteiger partial charge is 0.354 e. The van der Waals surface area contributed by atoms with Crippen LogP contribution in [0.4, 0.5) is 10.2 Å². The molecule has 0 aliphatic rings. The summed E-state index contributed by atoms with van der Waals surface area (Å²) in [6.45, 7) is 0. The zero-order chi connectivity index (χ0) is 11.7. The van der Waals surface area contributed by atoms with Crippen LogP contribution < -0.4 is 5.73 Å². The van der Waals surface area contributed by atoms with Crippen LogP contribution in [0.15, 0.2) is 30.3 Å². The summed E-state index contributed by atoms with van der Waals surface area (Å²) < 4.78 is 13.8. The average molecular weight is 221 g/mol. The van der Waals surface area contributed by atoms with Crippen molar-refractivity contribution in [1.82, 2.24) is 9.78 Å². The Bertz CT molecular complexity index is 533. The Morgan fingerprint density at radius 3 is 2.56 bits per heavy atom. The quantitative estimate of drug-likeness (QED) is 0.800. The minimum absolute atomic E-state index is 0.0656. The number of hydrogen-bond donors (Lipinski definition) is 2. The SMILES string of the molecule is Nc1cc(C(=O)O)n(-c2ccc(F)cc2)n1. The number of carbonyl (C=O) groups is 1. The Kier molecular flexibility index (Phi) is 2.32. The van der Waals surface area contributed by atoms with Gasteiger partial charge in [-0.1, -0.05) is 0 Å². The van der Waals surface area contributed by atoms with Gasteiger partial charge in [-0.25, -0.2) is 13.9 Å². The van der Waals surface area contributed by atoms with Gasteiger partial charge >= 0.3 is 5.97 Å². The van der Waals surface area contributed by atoms with Gasteiger partial charge in [-0.2, -0.15) is 0 Å². The predicted molar refractivity (Wildman–Crippen MR) is 54.9 cm³/mol. The molecule has 0 atom stereocenters. The molecule has 0 saturated heterocycles. The molecule has 1 heterocycles. The third-order valence-corrected chi connectivity index (χ3v) is 2.02. The lowest BCUT2D eigenvalue weighted by atomic mass is 10.3. The van der Waals surface area contributed by atoms with Gasteiger partial charge in [0, 0.05) is 6.07 Å². The van der Waals surface area contributed by atoms with Crippen molar-refractivity contribution in [3.05, 3.63) is 41.8 Å². The molecule has 0 fully saturated rings. The van der Waals surface area contributed by atoms with Crippen LogP contribution in [0.5, 0.6) is 0 Å². The van der Waals surface area contributed by atoms with Crippen LogP contribution in [0.25, 0.3) is 5.69 Å². The Balaban J connectivity index is 2.55. The molecule has 0 aliphatic carbocycles. The number of anilines is 1. The average Bonchev–Trinajstić information content (AvgIpc) is 2.61. The maximum absolute atomic E-state index is 12.7. The second-order valence-corrected chi connectivity index (χ2v) is 3.15. The summed E-state index contributed by atoms with van der Waals surface area (Å²) in [5, 5.41) is 12.7. The number of nitrogens with zero attached hydrogens (tertiary/aromatic N) is 2. The highest BCUT2D eigenvalue weighted by Crippen LogP contribution is 2.14. The fourth-order valence-electron chi connectivity index (χ4n) is 1.33. The molecule has 2 aromatic rings. The van der Waals surface area contributed by atoms with Crippen LogP contribution in [-0.2, 0) is 0 Å². The van der Waals surface area contributed by atoms with Gasteiger partial charge in [-0.3, -0.25) is 0 Å². The van der Waals surface area contributed by atoms with Crippen molar-refractivity contribution in [3.63, 3.8) is 0 Å². The van der Waals surface area contributed by atoms with Crippen molar-refractivity contribution in [2.24, 2.45) is 0 Å². The van der Waals surface area contributed by atoms with Crippen LogP contribution >= 0.6 is 0 Å². The minimum Gasteiger partial charge on any atom is -0.477 e. The molecule has 1 aromatic carbocycles. The van der Waals surface area contributed by atoms with Crippen molar-refractivity contribution >= 4 is 11.8 Å². The Hall–Kier alpha value is -2.37. The number of nitrogen functional groups attached to an aromatic ring is 1. The van der Waals surface area contributed by atoms with Gasteiger partial charge in [-0.05, 0) is 24.3 Å². The number of aromatic nitrogens is 2. The lowest BCUT2D eigenvalue weighted by molar-refractivity contribution is 0.0687. The molecule has 82 valence electrons. The molecule has 1 aromatic heterocycles. The topological polar surface area (TPSA) is 81.1 Å². The summed E-state index contributed by atoms with van der Waals surface area (Å²) in [4.78, 5) is 10.9. The van der Waals surface area contributed by atoms with Crippen molar-refractivity contribution in [3.8, 4) is 5.69 Å². The van der Waals surface area contributed by atoms with Crippen molar-refractivity contribution in [1.29, 1.82) is 0 Å². The van der Waals surface area contributed by atoms with E-state index < -0.39 is 11.8 Å². The first kappa shape index (κ1) is 10.2. The molecule has 0 aliphatic heterocycles. The van der Waals surface area contributed by atoms with E-state index in [1.807, 2.05) is 0 Å². The molecular weight excluding hydrogens is 213 g/mol. The number of rotatable bonds is 2. The Morgan fingerprint density at radius 1 is 1.38 bits per heavy atom. The number of carboxylic acids is 1. The minimum atomic E-state index is -1.14. The third kappa shape index (κ3) is 1.72. The summed E-state index contributed by atoms with van der Waals surface area (Å²) >= 11 is 0. The third-order valence-electron chi connectivity index (χ3n) is 2.02. The van der Waals surface area contributed by atoms with Gasteiger partial charge in [-0.15, -0.1) is 5.10 Å². The molecule has 6 heteroatoms. The van der Waals surface area contributed by atoms with Gasteiger partial charge in [0.15, 0.2) is 5.69 Å². The number of aromatic carboxylic acids is 1. The first-order valence-corrected chi connectivity index (χ1v) is 4.42. The van der Waals surface area contributed by atoms with Gasteiger partial charge in [0.1, 0.15) is 11.6 Å². The fourth-order valence-corrected chi connectivity index (χ4v) is 1.33. The van der Waals surface area contributed by atoms with Gasteiger partial charge < -0.3 is 10.8 Å². The normalized spacial score (nSPS) is 10.3. The number of benzene rings is 1. The highest BCUT2D eigenvalue weighted by molar-refractivity contribution is 5.87. The molecule has 16 heavy (non-hydrogen) atoms. The van der Waals surface area contributed by atoms with Crippen LogP contribution in [0.1, 0.15) is 10.5 Å². The van der Waals surface area contributed by atoms with E-state index in [2.05, 4.69) is 5.10 Å².